The summed E-state index contributed by atoms with van der Waals surface area (Å²) in [4.78, 5) is 188. The second-order valence-electron chi connectivity index (χ2n) is 28.2. The zero-order chi connectivity index (χ0) is 72.7. The first-order valence-electron chi connectivity index (χ1n) is 34.7. The number of rotatable bonds is 17. The van der Waals surface area contributed by atoms with Gasteiger partial charge in [0, 0.05) is 68.3 Å². The zero-order valence-corrected chi connectivity index (χ0v) is 60.8. The van der Waals surface area contributed by atoms with Crippen LogP contribution in [0.5, 0.6) is 0 Å². The number of amides is 12. The molecule has 0 aromatic heterocycles. The van der Waals surface area contributed by atoms with E-state index in [0.717, 1.165) is 21.8 Å². The molecule has 0 bridgehead atoms. The lowest BCUT2D eigenvalue weighted by Crippen LogP contribution is -2.61. The van der Waals surface area contributed by atoms with Crippen LogP contribution < -0.4 is 21.3 Å². The topological polar surface area (TPSA) is 299 Å². The van der Waals surface area contributed by atoms with Crippen LogP contribution in [-0.2, 0) is 70.4 Å². The van der Waals surface area contributed by atoms with Gasteiger partial charge in [-0.3, -0.25) is 57.5 Å². The number of hydrogen-bond donors (Lipinski definition) is 5. The number of nitrogens with zero attached hydrogens (tertiary/aromatic N) is 8. The number of carbonyl (C=O) groups excluding carboxylic acids is 12. The maximum Gasteiger partial charge on any atom is 0.248 e. The molecule has 0 spiro atoms. The minimum atomic E-state index is -1.65. The van der Waals surface area contributed by atoms with Crippen molar-refractivity contribution in [2.24, 2.45) is 23.7 Å². The van der Waals surface area contributed by atoms with Crippen molar-refractivity contribution >= 4 is 70.9 Å². The van der Waals surface area contributed by atoms with Crippen molar-refractivity contribution in [1.82, 2.24) is 60.5 Å². The van der Waals surface area contributed by atoms with E-state index in [9.17, 15) is 38.7 Å². The Labute approximate surface area is 575 Å². The van der Waals surface area contributed by atoms with Gasteiger partial charge < -0.3 is 65.6 Å². The van der Waals surface area contributed by atoms with Crippen molar-refractivity contribution in [3.8, 4) is 0 Å². The summed E-state index contributed by atoms with van der Waals surface area (Å²) in [6.45, 7) is 19.0. The number of aliphatic hydroxyl groups is 1. The smallest absolute Gasteiger partial charge is 0.248 e. The van der Waals surface area contributed by atoms with Crippen LogP contribution >= 0.6 is 0 Å². The van der Waals surface area contributed by atoms with E-state index in [-0.39, 0.29) is 81.6 Å². The Hall–Kier alpha value is -7.96. The van der Waals surface area contributed by atoms with E-state index in [1.165, 1.54) is 73.7 Å². The van der Waals surface area contributed by atoms with Gasteiger partial charge in [-0.25, -0.2) is 0 Å². The average Bonchev–Trinajstić information content (AvgIpc) is 0.841. The second-order valence-corrected chi connectivity index (χ2v) is 28.2. The molecule has 2 aromatic rings. The second kappa shape index (κ2) is 38.8. The molecule has 540 valence electrons. The highest BCUT2D eigenvalue weighted by atomic mass is 16.3. The summed E-state index contributed by atoms with van der Waals surface area (Å²) >= 11 is 0. The van der Waals surface area contributed by atoms with E-state index in [2.05, 4.69) is 21.3 Å². The van der Waals surface area contributed by atoms with Crippen molar-refractivity contribution in [2.45, 2.75) is 214 Å². The number of likely N-dealkylation sites (tertiary alicyclic amines) is 1. The quantitative estimate of drug-likeness (QED) is 0.151. The Balaban J connectivity index is 1.93. The number of likely N-dealkylation sites (N-methyl/N-ethyl adjacent to an activating group) is 6. The summed E-state index contributed by atoms with van der Waals surface area (Å²) in [6.07, 6.45) is 0.910. The van der Waals surface area contributed by atoms with Crippen LogP contribution in [0.1, 0.15) is 151 Å². The van der Waals surface area contributed by atoms with Crippen molar-refractivity contribution in [3.05, 3.63) is 71.8 Å². The van der Waals surface area contributed by atoms with Gasteiger partial charge >= 0.3 is 0 Å². The molecule has 12 amide bonds. The Bertz CT molecular complexity index is 2980. The Morgan fingerprint density at radius 2 is 0.938 bits per heavy atom. The lowest BCUT2D eigenvalue weighted by Gasteiger charge is -2.38. The molecule has 10 atom stereocenters. The van der Waals surface area contributed by atoms with E-state index in [4.69, 9.17) is 0 Å². The molecule has 4 rings (SSSR count). The van der Waals surface area contributed by atoms with E-state index in [1.807, 2.05) is 85.7 Å². The van der Waals surface area contributed by atoms with Crippen LogP contribution in [0.3, 0.4) is 0 Å². The van der Waals surface area contributed by atoms with Gasteiger partial charge in [-0.15, -0.1) is 0 Å². The number of piperidine rings is 1. The number of hydrogen-bond acceptors (Lipinski definition) is 13. The summed E-state index contributed by atoms with van der Waals surface area (Å²) in [5.41, 5.74) is 1.50. The molecule has 2 heterocycles. The SMILES string of the molecule is CC[C@@H]1NC(=O)[C@H](Cc2ccccc2)N(C)C(=O)[C@H](CC(C)C)N(C)C(=O)[C@H](CC(C)C)NC(=O)[C@H](CC)N(C)C(=O)C[C@@H](C(=O)N2CCCCC2)NC(=O)[C@H](CC(C)C)N(C)C(=O)CN(C)C(=O)[C@H]([C@@H](C)O)NC(=O)CN(CCc2ccccc2)C(=O)[C@H](CC(C)C)N(C)C1=O. The Kier molecular flexibility index (Phi) is 32.6. The monoisotopic (exact) mass is 1350 g/mol. The van der Waals surface area contributed by atoms with Gasteiger partial charge in [0.2, 0.25) is 70.9 Å². The first-order chi connectivity index (χ1) is 45.6. The fourth-order valence-corrected chi connectivity index (χ4v) is 12.5. The molecule has 97 heavy (non-hydrogen) atoms. The van der Waals surface area contributed by atoms with Crippen LogP contribution in [0.2, 0.25) is 0 Å². The average molecular weight is 1360 g/mol. The largest absolute Gasteiger partial charge is 0.391 e. The van der Waals surface area contributed by atoms with Gasteiger partial charge in [0.25, 0.3) is 0 Å². The first kappa shape index (κ1) is 81.5. The van der Waals surface area contributed by atoms with Crippen LogP contribution in [0.4, 0.5) is 0 Å². The van der Waals surface area contributed by atoms with E-state index < -0.39 is 151 Å². The lowest BCUT2D eigenvalue weighted by molar-refractivity contribution is -0.151. The van der Waals surface area contributed by atoms with Crippen LogP contribution in [0.25, 0.3) is 0 Å². The molecule has 0 unspecified atom stereocenters. The summed E-state index contributed by atoms with van der Waals surface area (Å²) < 4.78 is 0. The fraction of sp³-hybridized carbons (Fsp3) is 0.667. The molecule has 2 aliphatic rings. The predicted octanol–water partition coefficient (Wildman–Crippen LogP) is 3.63. The summed E-state index contributed by atoms with van der Waals surface area (Å²) in [5.74, 6) is -9.07. The standard InChI is InChI=1S/C72H114N12O13/c1-18-52-67(92)82(17)59(40-48(9)10)71(96)84(36-33-50-29-23-20-24-30-50)43-60(86)76-63(49(11)85)72(97)77(12)44-62(88)79(14)56(38-46(5)6)65(90)75-54(69(94)83-34-27-22-28-35-83)42-61(87)78(13)55(19-2)64(89)74-53(37-45(3)4)68(93)81(16)58(39-47(7)8)70(95)80(15)57(66(91)73-52)41-51-31-25-21-26-32-51/h20-21,23-26,29-32,45-49,52-59,63,85H,18-19,22,27-28,33-44H2,1-17H3,(H,73,91)(H,74,89)(H,75,90)(H,76,86)/t49-,52+,53+,54+,55+,56+,57+,58+,59+,63+/m1/s1. The number of carbonyl (C=O) groups is 12. The normalized spacial score (nSPS) is 24.7. The third kappa shape index (κ3) is 23.9. The molecule has 5 N–H and O–H groups in total. The summed E-state index contributed by atoms with van der Waals surface area (Å²) in [5, 5.41) is 22.4. The molecule has 25 nitrogen and oxygen atoms in total. The molecular formula is C72H114N12O13. The molecule has 2 aliphatic heterocycles. The number of benzene rings is 2. The maximum absolute atomic E-state index is 15.4. The minimum absolute atomic E-state index is 0.0174. The van der Waals surface area contributed by atoms with Crippen molar-refractivity contribution in [1.29, 1.82) is 0 Å². The van der Waals surface area contributed by atoms with Crippen molar-refractivity contribution < 1.29 is 62.6 Å². The van der Waals surface area contributed by atoms with Gasteiger partial charge in [-0.1, -0.05) is 130 Å². The molecule has 25 heteroatoms. The summed E-state index contributed by atoms with van der Waals surface area (Å²) in [7, 11) is 8.45. The predicted molar refractivity (Wildman–Crippen MR) is 370 cm³/mol. The number of nitrogens with one attached hydrogen (secondary N) is 4. The van der Waals surface area contributed by atoms with Crippen LogP contribution in [0, 0.1) is 23.7 Å². The van der Waals surface area contributed by atoms with Gasteiger partial charge in [-0.2, -0.15) is 0 Å². The highest BCUT2D eigenvalue weighted by molar-refractivity contribution is 6.00. The van der Waals surface area contributed by atoms with E-state index >= 15 is 24.0 Å². The molecule has 0 saturated carbocycles. The molecule has 0 radical (unpaired) electrons. The summed E-state index contributed by atoms with van der Waals surface area (Å²) in [6, 6.07) is 6.51. The maximum atomic E-state index is 15.4. The van der Waals surface area contributed by atoms with E-state index in [0.29, 0.717) is 31.5 Å². The van der Waals surface area contributed by atoms with Gasteiger partial charge in [0.15, 0.2) is 0 Å². The van der Waals surface area contributed by atoms with Crippen LogP contribution in [0.15, 0.2) is 60.7 Å². The molecule has 0 aliphatic carbocycles. The molecular weight excluding hydrogens is 1240 g/mol. The van der Waals surface area contributed by atoms with Gasteiger partial charge in [-0.05, 0) is 106 Å². The number of aliphatic hydroxyl groups excluding tert-OH is 1. The van der Waals surface area contributed by atoms with E-state index in [1.54, 1.807) is 49.1 Å². The molecule has 2 saturated heterocycles. The Morgan fingerprint density at radius 3 is 1.45 bits per heavy atom. The molecule has 2 fully saturated rings. The lowest BCUT2D eigenvalue weighted by atomic mass is 9.96. The Morgan fingerprint density at radius 1 is 0.474 bits per heavy atom. The first-order valence-corrected chi connectivity index (χ1v) is 34.7. The minimum Gasteiger partial charge on any atom is -0.391 e. The van der Waals surface area contributed by atoms with Gasteiger partial charge in [0.05, 0.1) is 25.6 Å². The third-order valence-corrected chi connectivity index (χ3v) is 18.4. The van der Waals surface area contributed by atoms with Gasteiger partial charge in [0.1, 0.15) is 54.4 Å². The van der Waals surface area contributed by atoms with Crippen molar-refractivity contribution in [2.75, 3.05) is 75.0 Å². The highest BCUT2D eigenvalue weighted by Gasteiger charge is 2.43. The third-order valence-electron chi connectivity index (χ3n) is 18.4. The van der Waals surface area contributed by atoms with Crippen LogP contribution in [-0.4, -0.2) is 251 Å². The highest BCUT2D eigenvalue weighted by Crippen LogP contribution is 2.23. The molecule has 2 aromatic carbocycles. The fourth-order valence-electron chi connectivity index (χ4n) is 12.5. The van der Waals surface area contributed by atoms with Crippen molar-refractivity contribution in [3.63, 3.8) is 0 Å². The zero-order valence-electron chi connectivity index (χ0n) is 60.8.